The molecule has 1 rings (SSSR count). The molecule has 0 aliphatic carbocycles. The minimum Gasteiger partial charge on any atom is -0.497 e. The molecule has 2 N–H and O–H groups in total. The molecule has 0 heterocycles. The molecule has 0 saturated heterocycles. The maximum absolute atomic E-state index is 11.1. The van der Waals surface area contributed by atoms with Gasteiger partial charge in [0.15, 0.2) is 0 Å². The molecule has 90 valence electrons. The predicted molar refractivity (Wildman–Crippen MR) is 64.0 cm³/mol. The van der Waals surface area contributed by atoms with Crippen molar-refractivity contribution in [2.75, 3.05) is 12.9 Å². The van der Waals surface area contributed by atoms with Crippen LogP contribution in [0, 0.1) is 0 Å². The highest BCUT2D eigenvalue weighted by atomic mass is 32.2. The second kappa shape index (κ2) is 4.43. The van der Waals surface area contributed by atoms with Crippen molar-refractivity contribution >= 4 is 10.0 Å². The normalized spacial score (nSPS) is 12.5. The monoisotopic (exact) mass is 243 g/mol. The molecule has 1 aromatic carbocycles. The molecule has 1 aromatic rings. The van der Waals surface area contributed by atoms with Gasteiger partial charge in [0.25, 0.3) is 0 Å². The Kier molecular flexibility index (Phi) is 3.60. The lowest BCUT2D eigenvalue weighted by molar-refractivity contribution is 0.412. The fourth-order valence-corrected chi connectivity index (χ4v) is 2.80. The highest BCUT2D eigenvalue weighted by Gasteiger charge is 2.26. The molecule has 0 radical (unpaired) electrons. The first-order valence-corrected chi connectivity index (χ1v) is 6.61. The zero-order valence-corrected chi connectivity index (χ0v) is 10.5. The number of hydrogen-bond acceptors (Lipinski definition) is 3. The van der Waals surface area contributed by atoms with Crippen molar-refractivity contribution in [2.24, 2.45) is 5.14 Å². The van der Waals surface area contributed by atoms with Crippen LogP contribution in [0.15, 0.2) is 24.3 Å². The fourth-order valence-electron chi connectivity index (χ4n) is 1.63. The maximum atomic E-state index is 11.1. The van der Waals surface area contributed by atoms with Gasteiger partial charge in [-0.3, -0.25) is 0 Å². The summed E-state index contributed by atoms with van der Waals surface area (Å²) in [5, 5.41) is 5.07. The van der Waals surface area contributed by atoms with Crippen LogP contribution in [0.25, 0.3) is 0 Å². The minimum absolute atomic E-state index is 0.0901. The van der Waals surface area contributed by atoms with E-state index in [2.05, 4.69) is 0 Å². The van der Waals surface area contributed by atoms with E-state index in [1.54, 1.807) is 7.11 Å². The molecule has 0 bridgehead atoms. The van der Waals surface area contributed by atoms with Crippen molar-refractivity contribution in [3.05, 3.63) is 29.8 Å². The van der Waals surface area contributed by atoms with Gasteiger partial charge in [0.1, 0.15) is 5.75 Å². The molecule has 0 aliphatic rings. The Labute approximate surface area is 96.5 Å². The summed E-state index contributed by atoms with van der Waals surface area (Å²) in [5.41, 5.74) is 0.364. The third-order valence-electron chi connectivity index (χ3n) is 2.41. The molecule has 0 spiro atoms. The van der Waals surface area contributed by atoms with Crippen molar-refractivity contribution in [3.8, 4) is 5.75 Å². The van der Waals surface area contributed by atoms with Gasteiger partial charge in [-0.2, -0.15) is 0 Å². The number of nitrogens with two attached hydrogens (primary N) is 1. The van der Waals surface area contributed by atoms with Crippen LogP contribution in [0.3, 0.4) is 0 Å². The van der Waals surface area contributed by atoms with Crippen LogP contribution in [0.4, 0.5) is 0 Å². The first-order chi connectivity index (χ1) is 7.24. The Bertz CT molecular complexity index is 466. The topological polar surface area (TPSA) is 69.4 Å². The van der Waals surface area contributed by atoms with Crippen molar-refractivity contribution in [2.45, 2.75) is 19.3 Å². The standard InChI is InChI=1S/C11H17NO3S/c1-11(2,8-16(12,13)14)9-5-4-6-10(7-9)15-3/h4-7H,8H2,1-3H3,(H2,12,13,14). The van der Waals surface area contributed by atoms with E-state index in [1.165, 1.54) is 0 Å². The van der Waals surface area contributed by atoms with Gasteiger partial charge in [0, 0.05) is 5.41 Å². The van der Waals surface area contributed by atoms with Crippen LogP contribution < -0.4 is 9.88 Å². The van der Waals surface area contributed by atoms with Gasteiger partial charge >= 0.3 is 0 Å². The van der Waals surface area contributed by atoms with Gasteiger partial charge in [-0.15, -0.1) is 0 Å². The average Bonchev–Trinajstić information content (AvgIpc) is 2.14. The van der Waals surface area contributed by atoms with Gasteiger partial charge in [-0.05, 0) is 17.7 Å². The summed E-state index contributed by atoms with van der Waals surface area (Å²) < 4.78 is 27.3. The first kappa shape index (κ1) is 13.0. The molecule has 0 aliphatic heterocycles. The number of primary sulfonamides is 1. The average molecular weight is 243 g/mol. The van der Waals surface area contributed by atoms with Crippen LogP contribution >= 0.6 is 0 Å². The number of benzene rings is 1. The van der Waals surface area contributed by atoms with Gasteiger partial charge < -0.3 is 4.74 Å². The van der Waals surface area contributed by atoms with Crippen molar-refractivity contribution in [1.29, 1.82) is 0 Å². The van der Waals surface area contributed by atoms with E-state index in [0.717, 1.165) is 5.56 Å². The van der Waals surface area contributed by atoms with Crippen molar-refractivity contribution in [3.63, 3.8) is 0 Å². The number of sulfonamides is 1. The van der Waals surface area contributed by atoms with Gasteiger partial charge in [-0.1, -0.05) is 26.0 Å². The molecule has 16 heavy (non-hydrogen) atoms. The third-order valence-corrected chi connectivity index (χ3v) is 3.54. The second-order valence-electron chi connectivity index (χ2n) is 4.42. The summed E-state index contributed by atoms with van der Waals surface area (Å²) in [5.74, 6) is 0.618. The number of hydrogen-bond donors (Lipinski definition) is 1. The van der Waals surface area contributed by atoms with E-state index >= 15 is 0 Å². The Hall–Kier alpha value is -1.07. The fraction of sp³-hybridized carbons (Fsp3) is 0.455. The van der Waals surface area contributed by atoms with Gasteiger partial charge in [0.2, 0.25) is 10.0 Å². The van der Waals surface area contributed by atoms with Crippen LogP contribution in [0.2, 0.25) is 0 Å². The second-order valence-corrected chi connectivity index (χ2v) is 6.04. The molecule has 0 aromatic heterocycles. The first-order valence-electron chi connectivity index (χ1n) is 4.90. The largest absolute Gasteiger partial charge is 0.497 e. The summed E-state index contributed by atoms with van der Waals surface area (Å²) in [7, 11) is -1.92. The van der Waals surface area contributed by atoms with E-state index in [4.69, 9.17) is 9.88 Å². The Morgan fingerprint density at radius 2 is 2.00 bits per heavy atom. The van der Waals surface area contributed by atoms with Crippen LogP contribution in [0.1, 0.15) is 19.4 Å². The molecule has 5 heteroatoms. The molecular formula is C11H17NO3S. The Morgan fingerprint density at radius 3 is 2.50 bits per heavy atom. The SMILES string of the molecule is COc1cccc(C(C)(C)CS(N)(=O)=O)c1. The lowest BCUT2D eigenvalue weighted by atomic mass is 9.87. The third kappa shape index (κ3) is 3.50. The molecule has 0 atom stereocenters. The smallest absolute Gasteiger partial charge is 0.209 e. The molecular weight excluding hydrogens is 226 g/mol. The number of methoxy groups -OCH3 is 1. The van der Waals surface area contributed by atoms with Crippen molar-refractivity contribution in [1.82, 2.24) is 0 Å². The summed E-state index contributed by atoms with van der Waals surface area (Å²) in [6, 6.07) is 7.34. The lowest BCUT2D eigenvalue weighted by Gasteiger charge is -2.24. The highest BCUT2D eigenvalue weighted by Crippen LogP contribution is 2.27. The molecule has 4 nitrogen and oxygen atoms in total. The summed E-state index contributed by atoms with van der Waals surface area (Å²) >= 11 is 0. The summed E-state index contributed by atoms with van der Waals surface area (Å²) in [6.45, 7) is 3.68. The van der Waals surface area contributed by atoms with Crippen molar-refractivity contribution < 1.29 is 13.2 Å². The number of rotatable bonds is 4. The maximum Gasteiger partial charge on any atom is 0.209 e. The number of ether oxygens (including phenoxy) is 1. The van der Waals surface area contributed by atoms with Gasteiger partial charge in [-0.25, -0.2) is 13.6 Å². The van der Waals surface area contributed by atoms with Crippen LogP contribution in [-0.4, -0.2) is 21.3 Å². The zero-order chi connectivity index (χ0) is 12.4. The summed E-state index contributed by atoms with van der Waals surface area (Å²) in [6.07, 6.45) is 0. The van der Waals surface area contributed by atoms with Crippen LogP contribution in [0.5, 0.6) is 5.75 Å². The van der Waals surface area contributed by atoms with Gasteiger partial charge in [0.05, 0.1) is 12.9 Å². The van der Waals surface area contributed by atoms with E-state index in [-0.39, 0.29) is 5.75 Å². The van der Waals surface area contributed by atoms with Crippen LogP contribution in [-0.2, 0) is 15.4 Å². The molecule has 0 unspecified atom stereocenters. The minimum atomic E-state index is -3.49. The van der Waals surface area contributed by atoms with E-state index in [1.807, 2.05) is 38.1 Å². The van der Waals surface area contributed by atoms with E-state index in [0.29, 0.717) is 5.75 Å². The molecule has 0 amide bonds. The lowest BCUT2D eigenvalue weighted by Crippen LogP contribution is -2.32. The Balaban J connectivity index is 3.06. The quantitative estimate of drug-likeness (QED) is 0.865. The molecule has 0 fully saturated rings. The predicted octanol–water partition coefficient (Wildman–Crippen LogP) is 1.26. The highest BCUT2D eigenvalue weighted by molar-refractivity contribution is 7.89. The zero-order valence-electron chi connectivity index (χ0n) is 9.73. The molecule has 0 saturated carbocycles. The summed E-state index contributed by atoms with van der Waals surface area (Å²) in [4.78, 5) is 0. The Morgan fingerprint density at radius 1 is 1.38 bits per heavy atom. The van der Waals surface area contributed by atoms with E-state index < -0.39 is 15.4 Å². The van der Waals surface area contributed by atoms with E-state index in [9.17, 15) is 8.42 Å².